The number of hydrogen-bond donors (Lipinski definition) is 1. The van der Waals surface area contributed by atoms with Crippen LogP contribution in [-0.4, -0.2) is 44.4 Å². The molecule has 0 saturated carbocycles. The number of ether oxygens (including phenoxy) is 2. The summed E-state index contributed by atoms with van der Waals surface area (Å²) in [4.78, 5) is 13.2. The van der Waals surface area contributed by atoms with E-state index in [2.05, 4.69) is 5.32 Å². The van der Waals surface area contributed by atoms with Crippen LogP contribution in [0.1, 0.15) is 55.1 Å². The van der Waals surface area contributed by atoms with Crippen molar-refractivity contribution >= 4 is 15.9 Å². The molecule has 2 aliphatic rings. The van der Waals surface area contributed by atoms with Gasteiger partial charge >= 0.3 is 0 Å². The summed E-state index contributed by atoms with van der Waals surface area (Å²) in [6, 6.07) is 11.5. The van der Waals surface area contributed by atoms with Crippen LogP contribution in [0.15, 0.2) is 47.4 Å². The monoisotopic (exact) mass is 444 g/mol. The highest BCUT2D eigenvalue weighted by Crippen LogP contribution is 2.41. The summed E-state index contributed by atoms with van der Waals surface area (Å²) in [5.74, 6) is 1.04. The third-order valence-electron chi connectivity index (χ3n) is 5.78. The van der Waals surface area contributed by atoms with Gasteiger partial charge in [-0.25, -0.2) is 8.42 Å². The first kappa shape index (κ1) is 21.6. The SMILES string of the molecule is COc1ccc2c(c1)OC(C)(C)CC2NC(=O)c1cccc(S(=O)(=O)N2CCCC2)c1. The van der Waals surface area contributed by atoms with Gasteiger partial charge in [-0.3, -0.25) is 4.79 Å². The van der Waals surface area contributed by atoms with Gasteiger partial charge in [-0.2, -0.15) is 4.31 Å². The van der Waals surface area contributed by atoms with Crippen LogP contribution in [0.25, 0.3) is 0 Å². The first-order valence-electron chi connectivity index (χ1n) is 10.5. The van der Waals surface area contributed by atoms with Gasteiger partial charge in [0, 0.05) is 36.7 Å². The van der Waals surface area contributed by atoms with Gasteiger partial charge in [-0.1, -0.05) is 6.07 Å². The van der Waals surface area contributed by atoms with Crippen molar-refractivity contribution in [3.05, 3.63) is 53.6 Å². The Morgan fingerprint density at radius 3 is 2.61 bits per heavy atom. The number of amides is 1. The summed E-state index contributed by atoms with van der Waals surface area (Å²) >= 11 is 0. The Kier molecular flexibility index (Phi) is 5.70. The fraction of sp³-hybridized carbons (Fsp3) is 0.435. The molecule has 2 aromatic rings. The number of hydrogen-bond acceptors (Lipinski definition) is 5. The predicted molar refractivity (Wildman–Crippen MR) is 117 cm³/mol. The van der Waals surface area contributed by atoms with Crippen LogP contribution in [0.3, 0.4) is 0 Å². The molecule has 1 atom stereocenters. The molecule has 31 heavy (non-hydrogen) atoms. The van der Waals surface area contributed by atoms with Gasteiger partial charge in [0.25, 0.3) is 5.91 Å². The maximum absolute atomic E-state index is 13.1. The van der Waals surface area contributed by atoms with Gasteiger partial charge in [-0.05, 0) is 57.0 Å². The number of carbonyl (C=O) groups is 1. The van der Waals surface area contributed by atoms with Crippen LogP contribution in [-0.2, 0) is 10.0 Å². The largest absolute Gasteiger partial charge is 0.497 e. The molecule has 4 rings (SSSR count). The van der Waals surface area contributed by atoms with E-state index in [9.17, 15) is 13.2 Å². The average molecular weight is 445 g/mol. The Morgan fingerprint density at radius 1 is 1.16 bits per heavy atom. The highest BCUT2D eigenvalue weighted by Gasteiger charge is 2.35. The lowest BCUT2D eigenvalue weighted by Gasteiger charge is -2.38. The van der Waals surface area contributed by atoms with Crippen LogP contribution < -0.4 is 14.8 Å². The average Bonchev–Trinajstić information content (AvgIpc) is 3.28. The van der Waals surface area contributed by atoms with Crippen LogP contribution in [0.5, 0.6) is 11.5 Å². The Bertz CT molecular complexity index is 1090. The van der Waals surface area contributed by atoms with Crippen LogP contribution >= 0.6 is 0 Å². The number of rotatable bonds is 5. The molecule has 0 aliphatic carbocycles. The summed E-state index contributed by atoms with van der Waals surface area (Å²) in [5.41, 5.74) is 0.715. The van der Waals surface area contributed by atoms with E-state index in [1.165, 1.54) is 10.4 Å². The van der Waals surface area contributed by atoms with Gasteiger partial charge in [0.15, 0.2) is 0 Å². The fourth-order valence-electron chi connectivity index (χ4n) is 4.20. The maximum Gasteiger partial charge on any atom is 0.251 e. The number of nitrogens with one attached hydrogen (secondary N) is 1. The molecular weight excluding hydrogens is 416 g/mol. The molecular formula is C23H28N2O5S. The van der Waals surface area contributed by atoms with Crippen LogP contribution in [0.4, 0.5) is 0 Å². The maximum atomic E-state index is 13.1. The van der Waals surface area contributed by atoms with Gasteiger partial charge in [0.1, 0.15) is 17.1 Å². The first-order valence-corrected chi connectivity index (χ1v) is 11.9. The van der Waals surface area contributed by atoms with Crippen molar-refractivity contribution in [2.75, 3.05) is 20.2 Å². The molecule has 0 spiro atoms. The lowest BCUT2D eigenvalue weighted by atomic mass is 9.89. The lowest BCUT2D eigenvalue weighted by Crippen LogP contribution is -2.41. The highest BCUT2D eigenvalue weighted by atomic mass is 32.2. The minimum atomic E-state index is -3.58. The number of benzene rings is 2. The van der Waals surface area contributed by atoms with Crippen molar-refractivity contribution in [2.24, 2.45) is 0 Å². The van der Waals surface area contributed by atoms with Crippen molar-refractivity contribution in [1.82, 2.24) is 9.62 Å². The van der Waals surface area contributed by atoms with Gasteiger partial charge in [0.2, 0.25) is 10.0 Å². The molecule has 8 heteroatoms. The number of carbonyl (C=O) groups excluding carboxylic acids is 1. The summed E-state index contributed by atoms with van der Waals surface area (Å²) in [7, 11) is -1.99. The molecule has 1 N–H and O–H groups in total. The summed E-state index contributed by atoms with van der Waals surface area (Å²) < 4.78 is 38.6. The van der Waals surface area contributed by atoms with Crippen molar-refractivity contribution in [2.45, 2.75) is 49.6 Å². The van der Waals surface area contributed by atoms with E-state index in [0.29, 0.717) is 36.6 Å². The van der Waals surface area contributed by atoms with Crippen LogP contribution in [0.2, 0.25) is 0 Å². The van der Waals surface area contributed by atoms with Crippen LogP contribution in [0, 0.1) is 0 Å². The fourth-order valence-corrected chi connectivity index (χ4v) is 5.77. The molecule has 166 valence electrons. The molecule has 1 fully saturated rings. The molecule has 0 bridgehead atoms. The van der Waals surface area contributed by atoms with E-state index >= 15 is 0 Å². The second kappa shape index (κ2) is 8.16. The number of sulfonamides is 1. The van der Waals surface area contributed by atoms with E-state index in [-0.39, 0.29) is 16.8 Å². The predicted octanol–water partition coefficient (Wildman–Crippen LogP) is 3.51. The molecule has 1 saturated heterocycles. The van der Waals surface area contributed by atoms with E-state index in [0.717, 1.165) is 18.4 Å². The second-order valence-electron chi connectivity index (χ2n) is 8.63. The Morgan fingerprint density at radius 2 is 1.90 bits per heavy atom. The van der Waals surface area contributed by atoms with E-state index in [4.69, 9.17) is 9.47 Å². The first-order chi connectivity index (χ1) is 14.7. The van der Waals surface area contributed by atoms with Gasteiger partial charge in [-0.15, -0.1) is 0 Å². The molecule has 1 unspecified atom stereocenters. The molecule has 1 amide bonds. The minimum absolute atomic E-state index is 0.152. The zero-order chi connectivity index (χ0) is 22.2. The Hall–Kier alpha value is -2.58. The van der Waals surface area contributed by atoms with Crippen molar-refractivity contribution in [1.29, 1.82) is 0 Å². The standard InChI is InChI=1S/C23H28N2O5S/c1-23(2)15-20(19-10-9-17(29-3)14-21(19)30-23)24-22(26)16-7-6-8-18(13-16)31(27,28)25-11-4-5-12-25/h6-10,13-14,20H,4-5,11-12,15H2,1-3H3,(H,24,26). The zero-order valence-electron chi connectivity index (χ0n) is 18.1. The Balaban J connectivity index is 1.59. The zero-order valence-corrected chi connectivity index (χ0v) is 18.9. The summed E-state index contributed by atoms with van der Waals surface area (Å²) in [6.45, 7) is 4.99. The molecule has 2 aliphatic heterocycles. The van der Waals surface area contributed by atoms with E-state index in [1.807, 2.05) is 32.0 Å². The number of nitrogens with zero attached hydrogens (tertiary/aromatic N) is 1. The van der Waals surface area contributed by atoms with E-state index < -0.39 is 15.6 Å². The van der Waals surface area contributed by atoms with Gasteiger partial charge < -0.3 is 14.8 Å². The smallest absolute Gasteiger partial charge is 0.251 e. The third kappa shape index (κ3) is 4.41. The molecule has 0 aromatic heterocycles. The van der Waals surface area contributed by atoms with Gasteiger partial charge in [0.05, 0.1) is 18.0 Å². The third-order valence-corrected chi connectivity index (χ3v) is 7.68. The normalized spacial score (nSPS) is 20.5. The number of methoxy groups -OCH3 is 1. The summed E-state index contributed by atoms with van der Waals surface area (Å²) in [6.07, 6.45) is 2.32. The quantitative estimate of drug-likeness (QED) is 0.763. The topological polar surface area (TPSA) is 84.9 Å². The van der Waals surface area contributed by atoms with Crippen molar-refractivity contribution < 1.29 is 22.7 Å². The van der Waals surface area contributed by atoms with E-state index in [1.54, 1.807) is 25.3 Å². The molecule has 2 aromatic carbocycles. The lowest BCUT2D eigenvalue weighted by molar-refractivity contribution is 0.0617. The van der Waals surface area contributed by atoms with Crippen molar-refractivity contribution in [3.8, 4) is 11.5 Å². The molecule has 7 nitrogen and oxygen atoms in total. The highest BCUT2D eigenvalue weighted by molar-refractivity contribution is 7.89. The van der Waals surface area contributed by atoms with Crippen molar-refractivity contribution in [3.63, 3.8) is 0 Å². The molecule has 2 heterocycles. The minimum Gasteiger partial charge on any atom is -0.497 e. The number of fused-ring (bicyclic) bond motifs is 1. The molecule has 0 radical (unpaired) electrons. The second-order valence-corrected chi connectivity index (χ2v) is 10.6. The summed E-state index contributed by atoms with van der Waals surface area (Å²) in [5, 5.41) is 3.06. The Labute approximate surface area is 183 Å².